The molecule has 3 heteroatoms. The summed E-state index contributed by atoms with van der Waals surface area (Å²) in [7, 11) is 0. The van der Waals surface area contributed by atoms with Gasteiger partial charge in [0, 0.05) is 6.42 Å². The topological polar surface area (TPSA) is 12.0 Å². The fourth-order valence-electron chi connectivity index (χ4n) is 2.58. The summed E-state index contributed by atoms with van der Waals surface area (Å²) < 4.78 is 25.7. The molecule has 0 spiro atoms. The van der Waals surface area contributed by atoms with Crippen LogP contribution in [-0.2, 0) is 12.8 Å². The fraction of sp³-hybridized carbons (Fsp3) is 0.600. The van der Waals surface area contributed by atoms with Gasteiger partial charge in [0.2, 0.25) is 5.92 Å². The number of piperidine rings is 1. The second-order valence-electron chi connectivity index (χ2n) is 5.48. The maximum absolute atomic E-state index is 12.9. The molecule has 2 rings (SSSR count). The van der Waals surface area contributed by atoms with Crippen LogP contribution < -0.4 is 5.32 Å². The minimum absolute atomic E-state index is 0.168. The Labute approximate surface area is 108 Å². The molecule has 1 saturated heterocycles. The lowest BCUT2D eigenvalue weighted by atomic mass is 9.92. The molecular formula is C15H21F2N. The molecule has 1 N–H and O–H groups in total. The number of hydrogen-bond donors (Lipinski definition) is 1. The highest BCUT2D eigenvalue weighted by molar-refractivity contribution is 5.23. The number of rotatable bonds is 4. The summed E-state index contributed by atoms with van der Waals surface area (Å²) in [6, 6.07) is 7.66. The molecule has 1 atom stereocenters. The molecule has 0 aliphatic carbocycles. The van der Waals surface area contributed by atoms with Crippen molar-refractivity contribution in [2.24, 2.45) is 5.92 Å². The molecule has 18 heavy (non-hydrogen) atoms. The first kappa shape index (κ1) is 13.5. The summed E-state index contributed by atoms with van der Waals surface area (Å²) in [6.07, 6.45) is 3.39. The Hall–Kier alpha value is -0.960. The van der Waals surface area contributed by atoms with Crippen LogP contribution in [0.1, 0.15) is 30.9 Å². The van der Waals surface area contributed by atoms with Crippen LogP contribution in [-0.4, -0.2) is 19.0 Å². The second kappa shape index (κ2) is 5.79. The van der Waals surface area contributed by atoms with Crippen molar-refractivity contribution in [1.29, 1.82) is 0 Å². The molecule has 0 amide bonds. The molecule has 1 aromatic carbocycles. The van der Waals surface area contributed by atoms with E-state index in [1.165, 1.54) is 18.4 Å². The highest BCUT2D eigenvalue weighted by atomic mass is 19.3. The fourth-order valence-corrected chi connectivity index (χ4v) is 2.58. The summed E-state index contributed by atoms with van der Waals surface area (Å²) in [5.74, 6) is -1.92. The summed E-state index contributed by atoms with van der Waals surface area (Å²) >= 11 is 0. The second-order valence-corrected chi connectivity index (χ2v) is 5.48. The van der Waals surface area contributed by atoms with Crippen molar-refractivity contribution < 1.29 is 8.78 Å². The Kier molecular flexibility index (Phi) is 4.33. The van der Waals surface area contributed by atoms with Crippen LogP contribution in [0.15, 0.2) is 24.3 Å². The largest absolute Gasteiger partial charge is 0.316 e. The lowest BCUT2D eigenvalue weighted by Gasteiger charge is -2.22. The standard InChI is InChI=1S/C15H21F2N/c1-15(16,17)10-13-6-4-12(5-7-13)9-14-3-2-8-18-11-14/h4-7,14,18H,2-3,8-11H2,1H3. The first-order chi connectivity index (χ1) is 8.53. The van der Waals surface area contributed by atoms with Crippen molar-refractivity contribution in [2.75, 3.05) is 13.1 Å². The molecule has 0 radical (unpaired) electrons. The summed E-state index contributed by atoms with van der Waals surface area (Å²) in [5.41, 5.74) is 1.97. The Morgan fingerprint density at radius 2 is 1.89 bits per heavy atom. The predicted octanol–water partition coefficient (Wildman–Crippen LogP) is 3.43. The van der Waals surface area contributed by atoms with Crippen molar-refractivity contribution in [2.45, 2.75) is 38.5 Å². The Balaban J connectivity index is 1.90. The van der Waals surface area contributed by atoms with Gasteiger partial charge in [0.25, 0.3) is 0 Å². The predicted molar refractivity (Wildman–Crippen MR) is 70.1 cm³/mol. The monoisotopic (exact) mass is 253 g/mol. The first-order valence-corrected chi connectivity index (χ1v) is 6.69. The van der Waals surface area contributed by atoms with Crippen LogP contribution in [0.4, 0.5) is 8.78 Å². The van der Waals surface area contributed by atoms with Crippen LogP contribution in [0.2, 0.25) is 0 Å². The van der Waals surface area contributed by atoms with Gasteiger partial charge in [0.05, 0.1) is 0 Å². The molecule has 0 bridgehead atoms. The number of halogens is 2. The first-order valence-electron chi connectivity index (χ1n) is 6.69. The average Bonchev–Trinajstić information content (AvgIpc) is 2.31. The highest BCUT2D eigenvalue weighted by Crippen LogP contribution is 2.21. The van der Waals surface area contributed by atoms with Gasteiger partial charge in [0.1, 0.15) is 0 Å². The number of hydrogen-bond acceptors (Lipinski definition) is 1. The van der Waals surface area contributed by atoms with Crippen LogP contribution in [0.3, 0.4) is 0 Å². The maximum Gasteiger partial charge on any atom is 0.249 e. The Morgan fingerprint density at radius 1 is 1.22 bits per heavy atom. The zero-order valence-electron chi connectivity index (χ0n) is 10.9. The van der Waals surface area contributed by atoms with Crippen LogP contribution >= 0.6 is 0 Å². The third-order valence-corrected chi connectivity index (χ3v) is 3.46. The summed E-state index contributed by atoms with van der Waals surface area (Å²) in [6.45, 7) is 3.17. The quantitative estimate of drug-likeness (QED) is 0.867. The van der Waals surface area contributed by atoms with Crippen molar-refractivity contribution in [3.8, 4) is 0 Å². The average molecular weight is 253 g/mol. The van der Waals surface area contributed by atoms with Crippen LogP contribution in [0.5, 0.6) is 0 Å². The highest BCUT2D eigenvalue weighted by Gasteiger charge is 2.21. The number of benzene rings is 1. The zero-order valence-corrected chi connectivity index (χ0v) is 10.9. The van der Waals surface area contributed by atoms with Crippen molar-refractivity contribution in [1.82, 2.24) is 5.32 Å². The van der Waals surface area contributed by atoms with Crippen LogP contribution in [0.25, 0.3) is 0 Å². The molecule has 1 heterocycles. The molecule has 1 nitrogen and oxygen atoms in total. The zero-order chi connectivity index (χ0) is 13.0. The van der Waals surface area contributed by atoms with Gasteiger partial charge in [-0.15, -0.1) is 0 Å². The van der Waals surface area contributed by atoms with E-state index in [0.717, 1.165) is 26.4 Å². The normalized spacial score (nSPS) is 20.9. The van der Waals surface area contributed by atoms with E-state index in [9.17, 15) is 8.78 Å². The molecule has 100 valence electrons. The molecular weight excluding hydrogens is 232 g/mol. The van der Waals surface area contributed by atoms with E-state index in [2.05, 4.69) is 5.32 Å². The van der Waals surface area contributed by atoms with Gasteiger partial charge in [-0.2, -0.15) is 0 Å². The number of alkyl halides is 2. The Morgan fingerprint density at radius 3 is 2.44 bits per heavy atom. The third-order valence-electron chi connectivity index (χ3n) is 3.46. The molecule has 0 saturated carbocycles. The van der Waals surface area contributed by atoms with Crippen LogP contribution in [0, 0.1) is 5.92 Å². The van der Waals surface area contributed by atoms with Gasteiger partial charge in [-0.3, -0.25) is 0 Å². The van der Waals surface area contributed by atoms with Crippen molar-refractivity contribution in [3.05, 3.63) is 35.4 Å². The summed E-state index contributed by atoms with van der Waals surface area (Å²) in [5, 5.41) is 3.40. The molecule has 1 unspecified atom stereocenters. The molecule has 1 fully saturated rings. The minimum atomic E-state index is -2.62. The summed E-state index contributed by atoms with van der Waals surface area (Å²) in [4.78, 5) is 0. The van der Waals surface area contributed by atoms with Crippen molar-refractivity contribution >= 4 is 0 Å². The molecule has 0 aromatic heterocycles. The van der Waals surface area contributed by atoms with E-state index < -0.39 is 5.92 Å². The van der Waals surface area contributed by atoms with Gasteiger partial charge in [-0.1, -0.05) is 24.3 Å². The molecule has 1 aromatic rings. The van der Waals surface area contributed by atoms with E-state index >= 15 is 0 Å². The van der Waals surface area contributed by atoms with Crippen molar-refractivity contribution in [3.63, 3.8) is 0 Å². The lowest BCUT2D eigenvalue weighted by Crippen LogP contribution is -2.30. The van der Waals surface area contributed by atoms with Gasteiger partial charge in [-0.05, 0) is 56.3 Å². The lowest BCUT2D eigenvalue weighted by molar-refractivity contribution is 0.0226. The van der Waals surface area contributed by atoms with E-state index in [0.29, 0.717) is 11.5 Å². The number of nitrogens with one attached hydrogen (secondary N) is 1. The molecule has 1 aliphatic heterocycles. The Bertz CT molecular complexity index is 361. The van der Waals surface area contributed by atoms with Gasteiger partial charge < -0.3 is 5.32 Å². The van der Waals surface area contributed by atoms with Gasteiger partial charge >= 0.3 is 0 Å². The van der Waals surface area contributed by atoms with E-state index in [4.69, 9.17) is 0 Å². The van der Waals surface area contributed by atoms with Gasteiger partial charge in [-0.25, -0.2) is 8.78 Å². The van der Waals surface area contributed by atoms with E-state index in [1.807, 2.05) is 24.3 Å². The van der Waals surface area contributed by atoms with E-state index in [-0.39, 0.29) is 6.42 Å². The van der Waals surface area contributed by atoms with E-state index in [1.54, 1.807) is 0 Å². The third kappa shape index (κ3) is 4.37. The maximum atomic E-state index is 12.9. The SMILES string of the molecule is CC(F)(F)Cc1ccc(CC2CCCNC2)cc1. The minimum Gasteiger partial charge on any atom is -0.316 e. The smallest absolute Gasteiger partial charge is 0.249 e. The molecule has 1 aliphatic rings. The van der Waals surface area contributed by atoms with Gasteiger partial charge in [0.15, 0.2) is 0 Å².